The zero-order chi connectivity index (χ0) is 28.6. The third-order valence-corrected chi connectivity index (χ3v) is 9.55. The fraction of sp³-hybridized carbons (Fsp3) is 0.152. The maximum atomic E-state index is 13.0. The molecule has 41 heavy (non-hydrogen) atoms. The highest BCUT2D eigenvalue weighted by Gasteiger charge is 2.24. The Labute approximate surface area is 244 Å². The van der Waals surface area contributed by atoms with Crippen LogP contribution in [0.4, 0.5) is 5.69 Å². The number of anilines is 1. The summed E-state index contributed by atoms with van der Waals surface area (Å²) in [6.07, 6.45) is 0. The van der Waals surface area contributed by atoms with Crippen LogP contribution in [0.5, 0.6) is 0 Å². The van der Waals surface area contributed by atoms with Crippen molar-refractivity contribution in [1.29, 1.82) is 0 Å². The van der Waals surface area contributed by atoms with E-state index in [-0.39, 0.29) is 10.8 Å². The quantitative estimate of drug-likeness (QED) is 0.220. The van der Waals surface area contributed by atoms with E-state index >= 15 is 0 Å². The maximum Gasteiger partial charge on any atom is 0.265 e. The molecule has 206 valence electrons. The average Bonchev–Trinajstić information content (AvgIpc) is 3.65. The second-order valence-electron chi connectivity index (χ2n) is 10.5. The first-order chi connectivity index (χ1) is 19.8. The normalized spacial score (nSPS) is 12.9. The Morgan fingerprint density at radius 2 is 1.59 bits per heavy atom. The van der Waals surface area contributed by atoms with Gasteiger partial charge in [0.15, 0.2) is 0 Å². The van der Waals surface area contributed by atoms with Crippen molar-refractivity contribution in [3.8, 4) is 21.8 Å². The molecule has 4 aromatic carbocycles. The Balaban J connectivity index is 1.16. The molecular weight excluding hydrogens is 551 g/mol. The molecule has 6 nitrogen and oxygen atoms in total. The van der Waals surface area contributed by atoms with E-state index in [4.69, 9.17) is 4.98 Å². The van der Waals surface area contributed by atoms with Crippen LogP contribution in [0.25, 0.3) is 21.8 Å². The molecule has 1 N–H and O–H groups in total. The summed E-state index contributed by atoms with van der Waals surface area (Å²) in [5.74, 6) is -0.353. The van der Waals surface area contributed by atoms with E-state index in [0.717, 1.165) is 44.2 Å². The Hall–Kier alpha value is -4.27. The minimum atomic E-state index is -3.98. The van der Waals surface area contributed by atoms with E-state index in [1.165, 1.54) is 12.1 Å². The van der Waals surface area contributed by atoms with Crippen LogP contribution in [0.1, 0.15) is 46.8 Å². The van der Waals surface area contributed by atoms with Crippen LogP contribution in [-0.4, -0.2) is 19.3 Å². The molecule has 1 aromatic heterocycles. The van der Waals surface area contributed by atoms with Gasteiger partial charge in [-0.1, -0.05) is 74.5 Å². The minimum absolute atomic E-state index is 0.0680. The van der Waals surface area contributed by atoms with Crippen LogP contribution in [0.2, 0.25) is 0 Å². The number of carbonyl (C=O) groups is 1. The van der Waals surface area contributed by atoms with Crippen molar-refractivity contribution >= 4 is 33.0 Å². The number of nitrogens with zero attached hydrogens (tertiary/aromatic N) is 2. The lowest BCUT2D eigenvalue weighted by molar-refractivity contribution is 0.0981. The molecule has 2 heterocycles. The Kier molecular flexibility index (Phi) is 7.19. The van der Waals surface area contributed by atoms with Crippen LogP contribution < -0.4 is 9.62 Å². The molecular formula is C33H29N3O3S2. The molecule has 1 aliphatic heterocycles. The molecule has 5 aromatic rings. The Bertz CT molecular complexity index is 1830. The number of nitrogens with one attached hydrogen (secondary N) is 1. The molecule has 0 aliphatic carbocycles. The molecule has 0 unspecified atom stereocenters. The van der Waals surface area contributed by atoms with Crippen LogP contribution in [0.3, 0.4) is 0 Å². The number of hydrogen-bond donors (Lipinski definition) is 1. The first-order valence-corrected chi connectivity index (χ1v) is 15.8. The summed E-state index contributed by atoms with van der Waals surface area (Å²) in [5.41, 5.74) is 7.61. The van der Waals surface area contributed by atoms with Crippen molar-refractivity contribution < 1.29 is 13.2 Å². The molecule has 0 fully saturated rings. The standard InChI is InChI=1S/C33H29N3O3S2/c1-22(2)23-13-15-30(16-14-23)41(38,39)35-32(37)26-11-12-27-19-36(20-28(27)17-26)29-10-6-9-25(18-29)31-21-40-33(34-31)24-7-4-3-5-8-24/h3-18,21-22H,19-20H2,1-2H3,(H,35,37). The van der Waals surface area contributed by atoms with Gasteiger partial charge in [0.25, 0.3) is 15.9 Å². The van der Waals surface area contributed by atoms with E-state index in [1.807, 2.05) is 44.2 Å². The fourth-order valence-corrected chi connectivity index (χ4v) is 6.78. The lowest BCUT2D eigenvalue weighted by Crippen LogP contribution is -2.30. The number of amides is 1. The average molecular weight is 580 g/mol. The van der Waals surface area contributed by atoms with E-state index < -0.39 is 15.9 Å². The second kappa shape index (κ2) is 11.0. The highest BCUT2D eigenvalue weighted by molar-refractivity contribution is 7.90. The molecule has 0 spiro atoms. The number of hydrogen-bond acceptors (Lipinski definition) is 6. The number of sulfonamides is 1. The third kappa shape index (κ3) is 5.66. The van der Waals surface area contributed by atoms with Gasteiger partial charge < -0.3 is 4.90 Å². The third-order valence-electron chi connectivity index (χ3n) is 7.31. The zero-order valence-electron chi connectivity index (χ0n) is 22.7. The van der Waals surface area contributed by atoms with Gasteiger partial charge in [0.1, 0.15) is 5.01 Å². The first-order valence-electron chi connectivity index (χ1n) is 13.4. The first kappa shape index (κ1) is 26.9. The molecule has 0 atom stereocenters. The molecule has 1 amide bonds. The smallest absolute Gasteiger partial charge is 0.265 e. The van der Waals surface area contributed by atoms with Gasteiger partial charge in [0.05, 0.1) is 10.6 Å². The minimum Gasteiger partial charge on any atom is -0.363 e. The van der Waals surface area contributed by atoms with Crippen molar-refractivity contribution in [1.82, 2.24) is 9.71 Å². The van der Waals surface area contributed by atoms with Crippen molar-refractivity contribution in [2.45, 2.75) is 37.8 Å². The van der Waals surface area contributed by atoms with Gasteiger partial charge in [-0.25, -0.2) is 18.1 Å². The maximum absolute atomic E-state index is 13.0. The van der Waals surface area contributed by atoms with Crippen molar-refractivity contribution in [3.05, 3.63) is 125 Å². The number of carbonyl (C=O) groups excluding carboxylic acids is 1. The molecule has 0 saturated carbocycles. The summed E-state index contributed by atoms with van der Waals surface area (Å²) in [5, 5.41) is 3.07. The number of aromatic nitrogens is 1. The van der Waals surface area contributed by atoms with Crippen molar-refractivity contribution in [2.24, 2.45) is 0 Å². The van der Waals surface area contributed by atoms with Crippen LogP contribution >= 0.6 is 11.3 Å². The fourth-order valence-electron chi connectivity index (χ4n) is 4.97. The number of rotatable bonds is 7. The summed E-state index contributed by atoms with van der Waals surface area (Å²) < 4.78 is 27.9. The van der Waals surface area contributed by atoms with Gasteiger partial charge in [-0.3, -0.25) is 4.79 Å². The summed E-state index contributed by atoms with van der Waals surface area (Å²) in [7, 11) is -3.98. The molecule has 6 rings (SSSR count). The highest BCUT2D eigenvalue weighted by Crippen LogP contribution is 2.34. The molecule has 0 bridgehead atoms. The van der Waals surface area contributed by atoms with E-state index in [0.29, 0.717) is 18.7 Å². The molecule has 0 saturated heterocycles. The lowest BCUT2D eigenvalue weighted by atomic mass is 10.0. The second-order valence-corrected chi connectivity index (χ2v) is 13.0. The van der Waals surface area contributed by atoms with Gasteiger partial charge >= 0.3 is 0 Å². The molecule has 8 heteroatoms. The van der Waals surface area contributed by atoms with E-state index in [2.05, 4.69) is 45.3 Å². The van der Waals surface area contributed by atoms with E-state index in [1.54, 1.807) is 35.6 Å². The van der Waals surface area contributed by atoms with Gasteiger partial charge in [0, 0.05) is 40.8 Å². The Morgan fingerprint density at radius 1 is 0.854 bits per heavy atom. The summed E-state index contributed by atoms with van der Waals surface area (Å²) in [4.78, 5) is 20.1. The predicted octanol–water partition coefficient (Wildman–Crippen LogP) is 7.24. The summed E-state index contributed by atoms with van der Waals surface area (Å²) in [6, 6.07) is 30.5. The van der Waals surface area contributed by atoms with Crippen LogP contribution in [-0.2, 0) is 23.1 Å². The van der Waals surface area contributed by atoms with Gasteiger partial charge in [-0.2, -0.15) is 0 Å². The summed E-state index contributed by atoms with van der Waals surface area (Å²) >= 11 is 1.63. The van der Waals surface area contributed by atoms with E-state index in [9.17, 15) is 13.2 Å². The number of fused-ring (bicyclic) bond motifs is 1. The highest BCUT2D eigenvalue weighted by atomic mass is 32.2. The molecule has 1 aliphatic rings. The largest absolute Gasteiger partial charge is 0.363 e. The van der Waals surface area contributed by atoms with Crippen molar-refractivity contribution in [3.63, 3.8) is 0 Å². The monoisotopic (exact) mass is 579 g/mol. The van der Waals surface area contributed by atoms with Gasteiger partial charge in [-0.15, -0.1) is 11.3 Å². The van der Waals surface area contributed by atoms with Crippen LogP contribution in [0, 0.1) is 0 Å². The van der Waals surface area contributed by atoms with Crippen LogP contribution in [0.15, 0.2) is 107 Å². The number of thiazole rings is 1. The van der Waals surface area contributed by atoms with Gasteiger partial charge in [0.2, 0.25) is 0 Å². The lowest BCUT2D eigenvalue weighted by Gasteiger charge is -2.18. The molecule has 0 radical (unpaired) electrons. The van der Waals surface area contributed by atoms with Gasteiger partial charge in [-0.05, 0) is 59.0 Å². The predicted molar refractivity (Wildman–Crippen MR) is 164 cm³/mol. The number of benzene rings is 4. The Morgan fingerprint density at radius 3 is 2.34 bits per heavy atom. The van der Waals surface area contributed by atoms with Crippen molar-refractivity contribution in [2.75, 3.05) is 4.90 Å². The topological polar surface area (TPSA) is 79.4 Å². The summed E-state index contributed by atoms with van der Waals surface area (Å²) in [6.45, 7) is 5.40. The SMILES string of the molecule is CC(C)c1ccc(S(=O)(=O)NC(=O)c2ccc3c(c2)CN(c2cccc(-c4csc(-c5ccccc5)n4)c2)C3)cc1. The zero-order valence-corrected chi connectivity index (χ0v) is 24.4.